The quantitative estimate of drug-likeness (QED) is 0.0318. The highest BCUT2D eigenvalue weighted by Gasteiger charge is 1.97. The van der Waals surface area contributed by atoms with Crippen LogP contribution in [0.4, 0.5) is 0 Å². The summed E-state index contributed by atoms with van der Waals surface area (Å²) in [6, 6.07) is 0. The largest absolute Gasteiger partial charge is 0.387 e. The van der Waals surface area contributed by atoms with Crippen LogP contribution in [0.2, 0.25) is 12.6 Å². The molecular formula is C37H79BN5. The van der Waals surface area contributed by atoms with Gasteiger partial charge in [-0.1, -0.05) is 144 Å². The van der Waals surface area contributed by atoms with E-state index in [0.717, 1.165) is 68.6 Å². The van der Waals surface area contributed by atoms with Crippen molar-refractivity contribution in [2.45, 2.75) is 209 Å². The van der Waals surface area contributed by atoms with Crippen molar-refractivity contribution in [3.05, 3.63) is 0 Å². The molecule has 0 aromatic heterocycles. The predicted molar refractivity (Wildman–Crippen MR) is 202 cm³/mol. The molecule has 0 bridgehead atoms. The molecule has 0 unspecified atom stereocenters. The Kier molecular flexibility index (Phi) is 50.7. The van der Waals surface area contributed by atoms with Crippen LogP contribution in [0.15, 0.2) is 4.99 Å². The average Bonchev–Trinajstić information content (AvgIpc) is 2.97. The molecule has 0 aliphatic rings. The van der Waals surface area contributed by atoms with Gasteiger partial charge in [0, 0.05) is 30.1 Å². The molecule has 0 rings (SSSR count). The maximum Gasteiger partial charge on any atom is 0.111 e. The fourth-order valence-electron chi connectivity index (χ4n) is 4.36. The summed E-state index contributed by atoms with van der Waals surface area (Å²) < 4.78 is 0. The molecule has 6 heteroatoms. The first kappa shape index (κ1) is 48.4. The highest BCUT2D eigenvalue weighted by molar-refractivity contribution is 6.35. The summed E-state index contributed by atoms with van der Waals surface area (Å²) in [4.78, 5) is 4.30. The minimum Gasteiger partial charge on any atom is -0.387 e. The van der Waals surface area contributed by atoms with Crippen molar-refractivity contribution < 1.29 is 0 Å². The molecule has 1 radical (unpaired) electrons. The lowest BCUT2D eigenvalue weighted by molar-refractivity contribution is 0.535. The fraction of sp³-hybridized carbons (Fsp3) is 0.892. The Bertz CT molecular complexity index is 600. The van der Waals surface area contributed by atoms with E-state index in [4.69, 9.17) is 22.0 Å². The molecular weight excluding hydrogens is 525 g/mol. The van der Waals surface area contributed by atoms with Crippen LogP contribution in [-0.4, -0.2) is 36.8 Å². The zero-order valence-electron chi connectivity index (χ0n) is 30.8. The Morgan fingerprint density at radius 1 is 0.535 bits per heavy atom. The number of aliphatic imine (C=N–C) groups is 1. The molecule has 5 nitrogen and oxygen atoms in total. The van der Waals surface area contributed by atoms with Crippen molar-refractivity contribution in [2.75, 3.05) is 6.54 Å². The van der Waals surface area contributed by atoms with E-state index in [9.17, 15) is 0 Å². The number of nitrogens with zero attached hydrogens (tertiary/aromatic N) is 1. The molecule has 0 spiro atoms. The Labute approximate surface area is 272 Å². The summed E-state index contributed by atoms with van der Waals surface area (Å²) in [6.45, 7) is 16.8. The van der Waals surface area contributed by atoms with Gasteiger partial charge in [-0.15, -0.1) is 0 Å². The van der Waals surface area contributed by atoms with Crippen molar-refractivity contribution in [1.82, 2.24) is 0 Å². The van der Waals surface area contributed by atoms with Gasteiger partial charge in [-0.2, -0.15) is 0 Å². The number of rotatable bonds is 27. The summed E-state index contributed by atoms with van der Waals surface area (Å²) in [7, 11) is 2.29. The Morgan fingerprint density at radius 2 is 0.953 bits per heavy atom. The molecule has 0 atom stereocenters. The van der Waals surface area contributed by atoms with Crippen molar-refractivity contribution in [1.29, 1.82) is 16.2 Å². The van der Waals surface area contributed by atoms with Gasteiger partial charge in [0.25, 0.3) is 0 Å². The third-order valence-electron chi connectivity index (χ3n) is 6.76. The van der Waals surface area contributed by atoms with Crippen molar-refractivity contribution in [3.8, 4) is 0 Å². The van der Waals surface area contributed by atoms with Crippen LogP contribution < -0.4 is 5.73 Å². The lowest BCUT2D eigenvalue weighted by Gasteiger charge is -2.04. The second-order valence-corrected chi connectivity index (χ2v) is 11.9. The maximum atomic E-state index is 7.77. The van der Waals surface area contributed by atoms with Gasteiger partial charge in [0.15, 0.2) is 0 Å². The smallest absolute Gasteiger partial charge is 0.111 e. The van der Waals surface area contributed by atoms with Gasteiger partial charge in [0.2, 0.25) is 0 Å². The number of amidine groups is 1. The summed E-state index contributed by atoms with van der Waals surface area (Å²) >= 11 is 0. The monoisotopic (exact) mass is 605 g/mol. The number of hydrogen-bond donors (Lipinski definition) is 4. The molecule has 0 aliphatic heterocycles. The van der Waals surface area contributed by atoms with Gasteiger partial charge < -0.3 is 22.0 Å². The molecule has 0 fully saturated rings. The molecule has 255 valence electrons. The summed E-state index contributed by atoms with van der Waals surface area (Å²) in [5, 5.41) is 21.7. The Balaban J connectivity index is -0.000000334. The van der Waals surface area contributed by atoms with Crippen LogP contribution in [0.5, 0.6) is 0 Å². The standard InChI is InChI=1S/C22H44N2.C10H22BN2.C3H7N.C2H6/c1-3-18-22(24)20-17-15-13-11-9-7-5-4-6-8-10-12-14-16-19-21(2)23;1-3-5-6-10(12)13-9-8-11-7-4-2;1-3(2)4;1-2/h23-24H,3-20H2,1-2H3;3-9H2,1-2H3,(H2,12,13);4H,1-2H3;1-2H3. The van der Waals surface area contributed by atoms with Crippen LogP contribution in [0.3, 0.4) is 0 Å². The van der Waals surface area contributed by atoms with Gasteiger partial charge in [0.1, 0.15) is 7.28 Å². The lowest BCUT2D eigenvalue weighted by atomic mass is 9.70. The second kappa shape index (κ2) is 45.0. The SMILES string of the molecule is CC.CC(C)=N.CCCC(=N)CCCCCCCCCCCCCCCCC(C)=N.CCC[B]CCN=C(N)CCCC. The van der Waals surface area contributed by atoms with Gasteiger partial charge in [-0.05, 0) is 59.3 Å². The molecule has 5 N–H and O–H groups in total. The van der Waals surface area contributed by atoms with E-state index in [1.165, 1.54) is 109 Å². The second-order valence-electron chi connectivity index (χ2n) is 11.9. The normalized spacial score (nSPS) is 10.4. The van der Waals surface area contributed by atoms with E-state index in [1.807, 2.05) is 20.8 Å². The number of hydrogen-bond acceptors (Lipinski definition) is 4. The highest BCUT2D eigenvalue weighted by Crippen LogP contribution is 2.14. The van der Waals surface area contributed by atoms with Crippen LogP contribution in [0, 0.1) is 16.2 Å². The summed E-state index contributed by atoms with van der Waals surface area (Å²) in [6.07, 6.45) is 30.1. The van der Waals surface area contributed by atoms with Gasteiger partial charge in [0.05, 0.1) is 5.84 Å². The predicted octanol–water partition coefficient (Wildman–Crippen LogP) is 12.6. The molecule has 43 heavy (non-hydrogen) atoms. The van der Waals surface area contributed by atoms with E-state index in [0.29, 0.717) is 5.71 Å². The fourth-order valence-corrected chi connectivity index (χ4v) is 4.36. The Hall–Kier alpha value is -1.46. The molecule has 0 saturated carbocycles. The van der Waals surface area contributed by atoms with E-state index >= 15 is 0 Å². The molecule has 0 saturated heterocycles. The van der Waals surface area contributed by atoms with E-state index < -0.39 is 0 Å². The van der Waals surface area contributed by atoms with Crippen molar-refractivity contribution in [2.24, 2.45) is 10.7 Å². The molecule has 0 heterocycles. The van der Waals surface area contributed by atoms with Crippen LogP contribution in [-0.2, 0) is 0 Å². The third-order valence-corrected chi connectivity index (χ3v) is 6.76. The minimum absolute atomic E-state index is 0.667. The zero-order valence-corrected chi connectivity index (χ0v) is 30.8. The number of unbranched alkanes of at least 4 members (excludes halogenated alkanes) is 14. The van der Waals surface area contributed by atoms with E-state index in [-0.39, 0.29) is 0 Å². The van der Waals surface area contributed by atoms with Crippen molar-refractivity contribution in [3.63, 3.8) is 0 Å². The average molecular weight is 605 g/mol. The van der Waals surface area contributed by atoms with E-state index in [2.05, 4.69) is 33.0 Å². The first-order valence-corrected chi connectivity index (χ1v) is 18.4. The molecule has 0 aromatic rings. The molecule has 0 amide bonds. The van der Waals surface area contributed by atoms with Crippen LogP contribution in [0.25, 0.3) is 0 Å². The first-order valence-electron chi connectivity index (χ1n) is 18.4. The minimum atomic E-state index is 0.667. The number of nitrogens with two attached hydrogens (primary N) is 1. The van der Waals surface area contributed by atoms with Crippen LogP contribution >= 0.6 is 0 Å². The van der Waals surface area contributed by atoms with Crippen LogP contribution in [0.1, 0.15) is 197 Å². The van der Waals surface area contributed by atoms with Gasteiger partial charge in [-0.25, -0.2) is 0 Å². The van der Waals surface area contributed by atoms with Gasteiger partial charge >= 0.3 is 0 Å². The zero-order chi connectivity index (χ0) is 33.4. The maximum absolute atomic E-state index is 7.77. The van der Waals surface area contributed by atoms with E-state index in [1.54, 1.807) is 13.8 Å². The highest BCUT2D eigenvalue weighted by atomic mass is 14.8. The summed E-state index contributed by atoms with van der Waals surface area (Å²) in [5.41, 5.74) is 8.18. The summed E-state index contributed by atoms with van der Waals surface area (Å²) in [5.74, 6) is 0.826. The first-order chi connectivity index (χ1) is 20.7. The topological polar surface area (TPSA) is 110 Å². The van der Waals surface area contributed by atoms with Gasteiger partial charge in [-0.3, -0.25) is 4.99 Å². The lowest BCUT2D eigenvalue weighted by Crippen LogP contribution is -2.12. The molecule has 0 aliphatic carbocycles. The van der Waals surface area contributed by atoms with Crippen molar-refractivity contribution >= 4 is 30.3 Å². The number of nitrogens with one attached hydrogen (secondary N) is 3. The molecule has 0 aromatic carbocycles. The third kappa shape index (κ3) is 60.5. The Morgan fingerprint density at radius 3 is 1.33 bits per heavy atom.